The second kappa shape index (κ2) is 7.76. The van der Waals surface area contributed by atoms with Gasteiger partial charge < -0.3 is 5.11 Å². The summed E-state index contributed by atoms with van der Waals surface area (Å²) in [5.74, 6) is -0.235. The van der Waals surface area contributed by atoms with E-state index in [2.05, 4.69) is 16.9 Å². The summed E-state index contributed by atoms with van der Waals surface area (Å²) in [6, 6.07) is 0. The van der Waals surface area contributed by atoms with Gasteiger partial charge >= 0.3 is 5.97 Å². The van der Waals surface area contributed by atoms with E-state index in [-0.39, 0.29) is 5.56 Å². The van der Waals surface area contributed by atoms with Crippen molar-refractivity contribution in [2.24, 2.45) is 0 Å². The van der Waals surface area contributed by atoms with Crippen molar-refractivity contribution in [3.63, 3.8) is 0 Å². The van der Waals surface area contributed by atoms with Crippen LogP contribution in [0.15, 0.2) is 12.4 Å². The second-order valence-corrected chi connectivity index (χ2v) is 4.21. The Labute approximate surface area is 102 Å². The number of carboxylic acid groups (broad SMARTS) is 1. The maximum atomic E-state index is 10.6. The fourth-order valence-corrected chi connectivity index (χ4v) is 1.66. The van der Waals surface area contributed by atoms with Gasteiger partial charge in [0.1, 0.15) is 5.82 Å². The minimum Gasteiger partial charge on any atom is -0.478 e. The molecule has 1 rings (SSSR count). The molecule has 94 valence electrons. The molecule has 17 heavy (non-hydrogen) atoms. The summed E-state index contributed by atoms with van der Waals surface area (Å²) in [7, 11) is 0. The Morgan fingerprint density at radius 3 is 2.29 bits per heavy atom. The van der Waals surface area contributed by atoms with E-state index in [0.717, 1.165) is 18.7 Å². The Morgan fingerprint density at radius 2 is 1.71 bits per heavy atom. The molecule has 0 fully saturated rings. The van der Waals surface area contributed by atoms with Gasteiger partial charge in [0.05, 0.1) is 5.56 Å². The summed E-state index contributed by atoms with van der Waals surface area (Å²) in [5.41, 5.74) is 0.150. The lowest BCUT2D eigenvalue weighted by Crippen LogP contribution is -2.01. The number of unbranched alkanes of at least 4 members (excludes halogenated alkanes) is 5. The molecule has 0 amide bonds. The number of aromatic carboxylic acids is 1. The third-order valence-electron chi connectivity index (χ3n) is 2.71. The lowest BCUT2D eigenvalue weighted by molar-refractivity contribution is 0.0696. The lowest BCUT2D eigenvalue weighted by atomic mass is 10.1. The van der Waals surface area contributed by atoms with E-state index in [4.69, 9.17) is 5.11 Å². The summed E-state index contributed by atoms with van der Waals surface area (Å²) in [6.07, 6.45) is 11.0. The minimum atomic E-state index is -0.976. The van der Waals surface area contributed by atoms with Gasteiger partial charge in [-0.1, -0.05) is 39.0 Å². The number of rotatable bonds is 8. The molecule has 0 radical (unpaired) electrons. The maximum Gasteiger partial charge on any atom is 0.338 e. The third kappa shape index (κ3) is 5.43. The van der Waals surface area contributed by atoms with Crippen LogP contribution in [0.25, 0.3) is 0 Å². The third-order valence-corrected chi connectivity index (χ3v) is 2.71. The van der Waals surface area contributed by atoms with Gasteiger partial charge in [-0.3, -0.25) is 0 Å². The molecule has 0 saturated carbocycles. The normalized spacial score (nSPS) is 10.4. The van der Waals surface area contributed by atoms with Crippen LogP contribution >= 0.6 is 0 Å². The van der Waals surface area contributed by atoms with Crippen molar-refractivity contribution < 1.29 is 9.90 Å². The first-order valence-electron chi connectivity index (χ1n) is 6.28. The van der Waals surface area contributed by atoms with Crippen LogP contribution in [0.5, 0.6) is 0 Å². The van der Waals surface area contributed by atoms with E-state index in [9.17, 15) is 4.79 Å². The van der Waals surface area contributed by atoms with Crippen LogP contribution in [0.2, 0.25) is 0 Å². The SMILES string of the molecule is CCCCCCCCc1ncc(C(=O)O)cn1. The van der Waals surface area contributed by atoms with Crippen LogP contribution in [-0.2, 0) is 6.42 Å². The number of nitrogens with zero attached hydrogens (tertiary/aromatic N) is 2. The monoisotopic (exact) mass is 236 g/mol. The number of aromatic nitrogens is 2. The largest absolute Gasteiger partial charge is 0.478 e. The average Bonchev–Trinajstić information content (AvgIpc) is 2.34. The molecule has 0 bridgehead atoms. The molecular weight excluding hydrogens is 216 g/mol. The molecule has 0 unspecified atom stereocenters. The standard InChI is InChI=1S/C13H20N2O2/c1-2-3-4-5-6-7-8-12-14-9-11(10-15-12)13(16)17/h9-10H,2-8H2,1H3,(H,16,17). The van der Waals surface area contributed by atoms with Crippen molar-refractivity contribution in [3.05, 3.63) is 23.8 Å². The Bertz CT molecular complexity index is 336. The van der Waals surface area contributed by atoms with Crippen molar-refractivity contribution in [1.29, 1.82) is 0 Å². The molecule has 0 aliphatic carbocycles. The maximum absolute atomic E-state index is 10.6. The quantitative estimate of drug-likeness (QED) is 0.704. The Kier molecular flexibility index (Phi) is 6.22. The zero-order valence-corrected chi connectivity index (χ0v) is 10.4. The lowest BCUT2D eigenvalue weighted by Gasteiger charge is -2.01. The fourth-order valence-electron chi connectivity index (χ4n) is 1.66. The molecule has 4 heteroatoms. The zero-order valence-electron chi connectivity index (χ0n) is 10.4. The molecule has 0 aliphatic heterocycles. The van der Waals surface area contributed by atoms with Gasteiger partial charge in [-0.2, -0.15) is 0 Å². The Balaban J connectivity index is 2.21. The summed E-state index contributed by atoms with van der Waals surface area (Å²) in [6.45, 7) is 2.21. The molecule has 1 heterocycles. The van der Waals surface area contributed by atoms with Crippen LogP contribution in [0.4, 0.5) is 0 Å². The highest BCUT2D eigenvalue weighted by atomic mass is 16.4. The van der Waals surface area contributed by atoms with Crippen LogP contribution < -0.4 is 0 Å². The minimum absolute atomic E-state index is 0.150. The van der Waals surface area contributed by atoms with Crippen molar-refractivity contribution >= 4 is 5.97 Å². The van der Waals surface area contributed by atoms with Crippen molar-refractivity contribution in [3.8, 4) is 0 Å². The number of carbonyl (C=O) groups is 1. The van der Waals surface area contributed by atoms with E-state index in [1.54, 1.807) is 0 Å². The number of carboxylic acids is 1. The first kappa shape index (κ1) is 13.6. The van der Waals surface area contributed by atoms with E-state index in [1.807, 2.05) is 0 Å². The van der Waals surface area contributed by atoms with Crippen molar-refractivity contribution in [2.75, 3.05) is 0 Å². The number of aryl methyl sites for hydroxylation is 1. The predicted octanol–water partition coefficient (Wildman–Crippen LogP) is 3.08. The van der Waals surface area contributed by atoms with Crippen LogP contribution in [0.3, 0.4) is 0 Å². The molecule has 1 aromatic heterocycles. The van der Waals surface area contributed by atoms with Gasteiger partial charge in [0.2, 0.25) is 0 Å². The molecule has 1 N–H and O–H groups in total. The van der Waals surface area contributed by atoms with Crippen LogP contribution in [-0.4, -0.2) is 21.0 Å². The molecule has 0 spiro atoms. The predicted molar refractivity (Wildman–Crippen MR) is 66.1 cm³/mol. The highest BCUT2D eigenvalue weighted by Crippen LogP contribution is 2.07. The number of hydrogen-bond acceptors (Lipinski definition) is 3. The highest BCUT2D eigenvalue weighted by molar-refractivity contribution is 5.86. The fraction of sp³-hybridized carbons (Fsp3) is 0.615. The molecule has 0 atom stereocenters. The van der Waals surface area contributed by atoms with Gasteiger partial charge in [0.15, 0.2) is 0 Å². The smallest absolute Gasteiger partial charge is 0.338 e. The van der Waals surface area contributed by atoms with Gasteiger partial charge in [0, 0.05) is 18.8 Å². The highest BCUT2D eigenvalue weighted by Gasteiger charge is 2.03. The van der Waals surface area contributed by atoms with Gasteiger partial charge in [-0.15, -0.1) is 0 Å². The van der Waals surface area contributed by atoms with Crippen LogP contribution in [0.1, 0.15) is 61.6 Å². The Hall–Kier alpha value is -1.45. The summed E-state index contributed by atoms with van der Waals surface area (Å²) >= 11 is 0. The van der Waals surface area contributed by atoms with Gasteiger partial charge in [-0.05, 0) is 6.42 Å². The Morgan fingerprint density at radius 1 is 1.12 bits per heavy atom. The molecule has 0 saturated heterocycles. The van der Waals surface area contributed by atoms with Gasteiger partial charge in [0.25, 0.3) is 0 Å². The van der Waals surface area contributed by atoms with E-state index in [1.165, 1.54) is 44.5 Å². The van der Waals surface area contributed by atoms with E-state index < -0.39 is 5.97 Å². The second-order valence-electron chi connectivity index (χ2n) is 4.21. The zero-order chi connectivity index (χ0) is 12.5. The molecule has 0 aliphatic rings. The van der Waals surface area contributed by atoms with Crippen molar-refractivity contribution in [2.45, 2.75) is 51.9 Å². The molecule has 0 aromatic carbocycles. The number of hydrogen-bond donors (Lipinski definition) is 1. The summed E-state index contributed by atoms with van der Waals surface area (Å²) in [4.78, 5) is 18.7. The van der Waals surface area contributed by atoms with Crippen LogP contribution in [0, 0.1) is 0 Å². The van der Waals surface area contributed by atoms with E-state index >= 15 is 0 Å². The summed E-state index contributed by atoms with van der Waals surface area (Å²) < 4.78 is 0. The first-order chi connectivity index (χ1) is 8.24. The molecule has 1 aromatic rings. The molecular formula is C13H20N2O2. The topological polar surface area (TPSA) is 63.1 Å². The first-order valence-corrected chi connectivity index (χ1v) is 6.28. The van der Waals surface area contributed by atoms with E-state index in [0.29, 0.717) is 0 Å². The summed E-state index contributed by atoms with van der Waals surface area (Å²) in [5, 5.41) is 8.69. The average molecular weight is 236 g/mol. The van der Waals surface area contributed by atoms with Crippen molar-refractivity contribution in [1.82, 2.24) is 9.97 Å². The van der Waals surface area contributed by atoms with Gasteiger partial charge in [-0.25, -0.2) is 14.8 Å². The molecule has 4 nitrogen and oxygen atoms in total.